The van der Waals surface area contributed by atoms with E-state index in [1.807, 2.05) is 27.7 Å². The highest BCUT2D eigenvalue weighted by atomic mass is 14.7. The lowest BCUT2D eigenvalue weighted by Gasteiger charge is -2.74. The average Bonchev–Trinajstić information content (AvgIpc) is 3.01. The molecule has 0 nitrogen and oxygen atoms in total. The Morgan fingerprint density at radius 3 is 0.500 bits per heavy atom. The van der Waals surface area contributed by atoms with Gasteiger partial charge in [-0.05, 0) is 87.1 Å². The van der Waals surface area contributed by atoms with Crippen molar-refractivity contribution in [2.24, 2.45) is 87.1 Å². The number of hydrogen-bond acceptors (Lipinski definition) is 0. The van der Waals surface area contributed by atoms with Crippen LogP contribution in [0.5, 0.6) is 0 Å². The van der Waals surface area contributed by atoms with Crippen molar-refractivity contribution in [3.8, 4) is 0 Å². The summed E-state index contributed by atoms with van der Waals surface area (Å²) in [6, 6.07) is 0. The molecule has 0 heterocycles. The van der Waals surface area contributed by atoms with Gasteiger partial charge in [0.2, 0.25) is 0 Å². The molecule has 0 amide bonds. The van der Waals surface area contributed by atoms with Crippen LogP contribution in [0.3, 0.4) is 0 Å². The Kier molecular flexibility index (Phi) is 17.5. The summed E-state index contributed by atoms with van der Waals surface area (Å²) in [5.41, 5.74) is 0.761. The van der Waals surface area contributed by atoms with E-state index in [0.29, 0.717) is 5.92 Å². The molecule has 0 bridgehead atoms. The van der Waals surface area contributed by atoms with E-state index < -0.39 is 0 Å². The van der Waals surface area contributed by atoms with Crippen LogP contribution < -0.4 is 0 Å². The molecule has 0 rings (SSSR count). The van der Waals surface area contributed by atoms with Crippen LogP contribution in [-0.2, 0) is 0 Å². The first-order chi connectivity index (χ1) is 23.0. The van der Waals surface area contributed by atoms with E-state index in [0.717, 1.165) is 0 Å². The second-order valence-electron chi connectivity index (χ2n) is 26.2. The van der Waals surface area contributed by atoms with Gasteiger partial charge in [-0.25, -0.2) is 0 Å². The SMILES string of the molecule is CC.CC.CCC(C)(C)C(C)(C)C(C)(C)C(C)(C)C(C)(C)C(C)(C)C(C)(C)C(C)(C)C(C)(C)C(C)(C)C(C)(C)C(C)(C)C(C)(C)C(C)(C)C(C)(C)C(C)C. The van der Waals surface area contributed by atoms with Crippen LogP contribution in [0.1, 0.15) is 263 Å². The molecule has 0 aliphatic heterocycles. The van der Waals surface area contributed by atoms with E-state index >= 15 is 0 Å². The zero-order valence-corrected chi connectivity index (χ0v) is 45.8. The third-order valence-electron chi connectivity index (χ3n) is 24.4. The first kappa shape index (κ1) is 58.3. The molecule has 54 heavy (non-hydrogen) atoms. The molecule has 0 aromatic heterocycles. The van der Waals surface area contributed by atoms with Crippen molar-refractivity contribution in [1.29, 1.82) is 0 Å². The van der Waals surface area contributed by atoms with Crippen molar-refractivity contribution in [2.45, 2.75) is 263 Å². The molecule has 0 fully saturated rings. The molecule has 0 saturated carbocycles. The molecule has 0 aromatic carbocycles. The van der Waals surface area contributed by atoms with Gasteiger partial charge >= 0.3 is 0 Å². The van der Waals surface area contributed by atoms with Crippen LogP contribution >= 0.6 is 0 Å². The van der Waals surface area contributed by atoms with Crippen molar-refractivity contribution < 1.29 is 0 Å². The third-order valence-corrected chi connectivity index (χ3v) is 24.4. The summed E-state index contributed by atoms with van der Waals surface area (Å²) < 4.78 is 0. The Morgan fingerprint density at radius 2 is 0.370 bits per heavy atom. The van der Waals surface area contributed by atoms with Crippen molar-refractivity contribution in [1.82, 2.24) is 0 Å². The molecule has 0 atom stereocenters. The second-order valence-corrected chi connectivity index (χ2v) is 26.2. The van der Waals surface area contributed by atoms with Gasteiger partial charge < -0.3 is 0 Å². The predicted octanol–water partition coefficient (Wildman–Crippen LogP) is 19.5. The van der Waals surface area contributed by atoms with Gasteiger partial charge in [0, 0.05) is 0 Å². The summed E-state index contributed by atoms with van der Waals surface area (Å²) in [6.07, 6.45) is 1.18. The van der Waals surface area contributed by atoms with E-state index in [2.05, 4.69) is 228 Å². The Bertz CT molecular complexity index is 1170. The van der Waals surface area contributed by atoms with Crippen molar-refractivity contribution in [3.63, 3.8) is 0 Å². The minimum atomic E-state index is -0.0209. The molecule has 0 aliphatic rings. The lowest BCUT2D eigenvalue weighted by Crippen LogP contribution is -2.68. The summed E-state index contributed by atoms with van der Waals surface area (Å²) >= 11 is 0. The fraction of sp³-hybridized carbons (Fsp3) is 1.00. The largest absolute Gasteiger partial charge is 0.0683 e. The minimum Gasteiger partial charge on any atom is -0.0683 e. The fourth-order valence-corrected chi connectivity index (χ4v) is 11.4. The van der Waals surface area contributed by atoms with Gasteiger partial charge in [-0.2, -0.15) is 0 Å². The number of hydrogen-bond donors (Lipinski definition) is 0. The van der Waals surface area contributed by atoms with Crippen LogP contribution in [0.4, 0.5) is 0 Å². The molecule has 0 spiro atoms. The highest BCUT2D eigenvalue weighted by Gasteiger charge is 2.71. The molecule has 0 aromatic rings. The highest BCUT2D eigenvalue weighted by Crippen LogP contribution is 2.77. The van der Waals surface area contributed by atoms with E-state index in [1.54, 1.807) is 0 Å². The lowest BCUT2D eigenvalue weighted by atomic mass is 9.31. The number of rotatable bonds is 16. The predicted molar refractivity (Wildman–Crippen MR) is 255 cm³/mol. The monoisotopic (exact) mass is 763 g/mol. The minimum absolute atomic E-state index is 0.00135. The molecule has 0 radical (unpaired) electrons. The summed E-state index contributed by atoms with van der Waals surface area (Å²) in [5.74, 6) is 0.596. The zero-order valence-electron chi connectivity index (χ0n) is 45.8. The molecule has 0 heteroatoms. The van der Waals surface area contributed by atoms with E-state index in [4.69, 9.17) is 0 Å². The summed E-state index contributed by atoms with van der Waals surface area (Å²) in [6.45, 7) is 93.0. The maximum atomic E-state index is 2.63. The van der Waals surface area contributed by atoms with Crippen LogP contribution in [0.2, 0.25) is 0 Å². The first-order valence-electron chi connectivity index (χ1n) is 23.0. The van der Waals surface area contributed by atoms with Crippen molar-refractivity contribution in [2.75, 3.05) is 0 Å². The summed E-state index contributed by atoms with van der Waals surface area (Å²) in [7, 11) is 0. The van der Waals surface area contributed by atoms with Gasteiger partial charge in [0.25, 0.3) is 0 Å². The molecule has 330 valence electrons. The van der Waals surface area contributed by atoms with Gasteiger partial charge in [0.1, 0.15) is 0 Å². The topological polar surface area (TPSA) is 0 Å². The maximum Gasteiger partial charge on any atom is -0.0241 e. The van der Waals surface area contributed by atoms with E-state index in [1.165, 1.54) is 6.42 Å². The van der Waals surface area contributed by atoms with E-state index in [9.17, 15) is 0 Å². The quantitative estimate of drug-likeness (QED) is 0.147. The Balaban J connectivity index is -0.00000627. The Hall–Kier alpha value is 0. The van der Waals surface area contributed by atoms with Crippen LogP contribution in [0, 0.1) is 87.1 Å². The fourth-order valence-electron chi connectivity index (χ4n) is 11.4. The first-order valence-corrected chi connectivity index (χ1v) is 23.0. The van der Waals surface area contributed by atoms with Crippen LogP contribution in [-0.4, -0.2) is 0 Å². The third kappa shape index (κ3) is 7.42. The zero-order chi connectivity index (χ0) is 45.8. The van der Waals surface area contributed by atoms with Crippen LogP contribution in [0.15, 0.2) is 0 Å². The Labute approximate surface area is 348 Å². The average molecular weight is 764 g/mol. The lowest BCUT2D eigenvalue weighted by molar-refractivity contribution is -0.258. The maximum absolute atomic E-state index is 2.63. The highest BCUT2D eigenvalue weighted by molar-refractivity contribution is 5.19. The second kappa shape index (κ2) is 16.2. The van der Waals surface area contributed by atoms with Crippen molar-refractivity contribution >= 4 is 0 Å². The van der Waals surface area contributed by atoms with Gasteiger partial charge in [-0.3, -0.25) is 0 Å². The molecule has 0 unspecified atom stereocenters. The molecular formula is C54H114. The smallest absolute Gasteiger partial charge is 0.0241 e. The molecule has 0 saturated heterocycles. The molecule has 0 aliphatic carbocycles. The normalized spacial score (nSPS) is 16.1. The summed E-state index contributed by atoms with van der Waals surface area (Å²) in [5, 5.41) is 0. The van der Waals surface area contributed by atoms with E-state index in [-0.39, 0.29) is 81.2 Å². The standard InChI is InChI=1S/C50H102.2C2H6/c1-34-36(4,5)38(8,9)40(12,13)42(16,17)44(20,21)46(24,25)48(28,29)50(32,33)49(30,31)47(26,27)45(22,23)43(18,19)41(14,15)39(10,11)37(6,7)35(2)3;2*1-2/h35H,34H2,1-33H3;2*1-2H3. The van der Waals surface area contributed by atoms with Gasteiger partial charge in [0.05, 0.1) is 0 Å². The molecule has 0 N–H and O–H groups in total. The van der Waals surface area contributed by atoms with Gasteiger partial charge in [0.15, 0.2) is 0 Å². The van der Waals surface area contributed by atoms with Gasteiger partial charge in [-0.1, -0.05) is 263 Å². The Morgan fingerprint density at radius 1 is 0.241 bits per heavy atom. The summed E-state index contributed by atoms with van der Waals surface area (Å²) in [4.78, 5) is 0. The molecular weight excluding hydrogens is 649 g/mol. The van der Waals surface area contributed by atoms with Gasteiger partial charge in [-0.15, -0.1) is 0 Å². The van der Waals surface area contributed by atoms with Crippen molar-refractivity contribution in [3.05, 3.63) is 0 Å². The van der Waals surface area contributed by atoms with Crippen LogP contribution in [0.25, 0.3) is 0 Å².